The zero-order valence-electron chi connectivity index (χ0n) is 15.8. The number of nitrogens with zero attached hydrogens (tertiary/aromatic N) is 2. The number of anilines is 1. The largest absolute Gasteiger partial charge is 0.490 e. The molecule has 1 aromatic heterocycles. The fourth-order valence-electron chi connectivity index (χ4n) is 2.80. The van der Waals surface area contributed by atoms with Gasteiger partial charge in [0.05, 0.1) is 17.0 Å². The maximum absolute atomic E-state index is 12.4. The zero-order chi connectivity index (χ0) is 19.9. The number of para-hydroxylation sites is 2. The predicted octanol–water partition coefficient (Wildman–Crippen LogP) is 2.85. The fraction of sp³-hybridized carbons (Fsp3) is 0.190. The van der Waals surface area contributed by atoms with Crippen LogP contribution in [0.15, 0.2) is 54.6 Å². The number of rotatable bonds is 7. The normalized spacial score (nSPS) is 10.4. The third-order valence-corrected chi connectivity index (χ3v) is 4.06. The Labute approximate surface area is 163 Å². The van der Waals surface area contributed by atoms with E-state index >= 15 is 0 Å². The molecule has 0 spiro atoms. The number of nitrogens with one attached hydrogen (secondary N) is 1. The first-order chi connectivity index (χ1) is 13.6. The van der Waals surface area contributed by atoms with Gasteiger partial charge < -0.3 is 20.5 Å². The van der Waals surface area contributed by atoms with Gasteiger partial charge in [-0.05, 0) is 31.2 Å². The lowest BCUT2D eigenvalue weighted by molar-refractivity contribution is 0.0962. The van der Waals surface area contributed by atoms with Crippen molar-refractivity contribution in [3.05, 3.63) is 65.9 Å². The average molecular weight is 378 g/mol. The SMILES string of the molecule is CNC(=O)c1c(C)nc(N)nc1-c1ccccc1OCCOc1ccccc1. The lowest BCUT2D eigenvalue weighted by atomic mass is 10.0. The number of carbonyl (C=O) groups excluding carboxylic acids is 1. The van der Waals surface area contributed by atoms with Crippen molar-refractivity contribution < 1.29 is 14.3 Å². The molecule has 0 radical (unpaired) electrons. The summed E-state index contributed by atoms with van der Waals surface area (Å²) < 4.78 is 11.6. The van der Waals surface area contributed by atoms with Gasteiger partial charge in [0.15, 0.2) is 0 Å². The molecular formula is C21H22N4O3. The lowest BCUT2D eigenvalue weighted by Crippen LogP contribution is -2.22. The predicted molar refractivity (Wildman–Crippen MR) is 107 cm³/mol. The number of aromatic nitrogens is 2. The summed E-state index contributed by atoms with van der Waals surface area (Å²) in [6.45, 7) is 2.44. The number of nitrogens with two attached hydrogens (primary N) is 1. The van der Waals surface area contributed by atoms with Gasteiger partial charge in [-0.25, -0.2) is 9.97 Å². The Bertz CT molecular complexity index is 961. The van der Waals surface area contributed by atoms with E-state index in [2.05, 4.69) is 15.3 Å². The zero-order valence-corrected chi connectivity index (χ0v) is 15.8. The Morgan fingerprint density at radius 3 is 2.43 bits per heavy atom. The maximum Gasteiger partial charge on any atom is 0.255 e. The summed E-state index contributed by atoms with van der Waals surface area (Å²) in [5.41, 5.74) is 7.80. The second kappa shape index (κ2) is 8.85. The van der Waals surface area contributed by atoms with E-state index in [0.717, 1.165) is 5.75 Å². The maximum atomic E-state index is 12.4. The highest BCUT2D eigenvalue weighted by atomic mass is 16.5. The summed E-state index contributed by atoms with van der Waals surface area (Å²) in [5, 5.41) is 2.62. The Hall–Kier alpha value is -3.61. The molecule has 0 aliphatic carbocycles. The van der Waals surface area contributed by atoms with E-state index in [0.29, 0.717) is 41.5 Å². The Kier molecular flexibility index (Phi) is 6.06. The quantitative estimate of drug-likeness (QED) is 0.613. The lowest BCUT2D eigenvalue weighted by Gasteiger charge is -2.15. The van der Waals surface area contributed by atoms with Crippen LogP contribution in [0.4, 0.5) is 5.95 Å². The molecule has 0 atom stereocenters. The third-order valence-electron chi connectivity index (χ3n) is 4.06. The van der Waals surface area contributed by atoms with Crippen molar-refractivity contribution in [2.75, 3.05) is 26.0 Å². The van der Waals surface area contributed by atoms with E-state index in [-0.39, 0.29) is 11.9 Å². The van der Waals surface area contributed by atoms with Crippen molar-refractivity contribution in [3.8, 4) is 22.8 Å². The second-order valence-corrected chi connectivity index (χ2v) is 5.98. The van der Waals surface area contributed by atoms with Crippen molar-refractivity contribution in [1.82, 2.24) is 15.3 Å². The van der Waals surface area contributed by atoms with Gasteiger partial charge >= 0.3 is 0 Å². The van der Waals surface area contributed by atoms with E-state index in [1.165, 1.54) is 0 Å². The molecule has 3 rings (SSSR count). The van der Waals surface area contributed by atoms with Crippen molar-refractivity contribution in [2.45, 2.75) is 6.92 Å². The minimum absolute atomic E-state index is 0.0994. The molecule has 0 aliphatic rings. The van der Waals surface area contributed by atoms with E-state index in [1.54, 1.807) is 14.0 Å². The van der Waals surface area contributed by atoms with Crippen molar-refractivity contribution >= 4 is 11.9 Å². The van der Waals surface area contributed by atoms with Crippen LogP contribution >= 0.6 is 0 Å². The molecule has 3 N–H and O–H groups in total. The first-order valence-electron chi connectivity index (χ1n) is 8.86. The van der Waals surface area contributed by atoms with Gasteiger partial charge in [-0.1, -0.05) is 30.3 Å². The Morgan fingerprint density at radius 2 is 1.68 bits per heavy atom. The fourth-order valence-corrected chi connectivity index (χ4v) is 2.80. The van der Waals surface area contributed by atoms with Crippen LogP contribution in [-0.4, -0.2) is 36.1 Å². The average Bonchev–Trinajstić information content (AvgIpc) is 2.71. The van der Waals surface area contributed by atoms with E-state index < -0.39 is 0 Å². The monoisotopic (exact) mass is 378 g/mol. The van der Waals surface area contributed by atoms with Crippen LogP contribution in [0.2, 0.25) is 0 Å². The number of amides is 1. The van der Waals surface area contributed by atoms with Gasteiger partial charge in [0.1, 0.15) is 24.7 Å². The van der Waals surface area contributed by atoms with E-state index in [9.17, 15) is 4.79 Å². The molecule has 1 amide bonds. The molecule has 3 aromatic rings. The molecule has 0 bridgehead atoms. The Balaban J connectivity index is 1.83. The van der Waals surface area contributed by atoms with Crippen LogP contribution in [0.5, 0.6) is 11.5 Å². The minimum Gasteiger partial charge on any atom is -0.490 e. The summed E-state index contributed by atoms with van der Waals surface area (Å²) in [6, 6.07) is 16.9. The summed E-state index contributed by atoms with van der Waals surface area (Å²) >= 11 is 0. The van der Waals surface area contributed by atoms with Gasteiger partial charge in [0.25, 0.3) is 5.91 Å². The van der Waals surface area contributed by atoms with Gasteiger partial charge in [-0.3, -0.25) is 4.79 Å². The van der Waals surface area contributed by atoms with Gasteiger partial charge in [-0.15, -0.1) is 0 Å². The molecule has 144 valence electrons. The van der Waals surface area contributed by atoms with Crippen LogP contribution in [0, 0.1) is 6.92 Å². The minimum atomic E-state index is -0.283. The number of hydrogen-bond donors (Lipinski definition) is 2. The van der Waals surface area contributed by atoms with E-state index in [4.69, 9.17) is 15.2 Å². The number of carbonyl (C=O) groups is 1. The van der Waals surface area contributed by atoms with Crippen LogP contribution in [0.1, 0.15) is 16.1 Å². The summed E-state index contributed by atoms with van der Waals surface area (Å²) in [7, 11) is 1.56. The molecule has 0 unspecified atom stereocenters. The molecule has 7 nitrogen and oxygen atoms in total. The molecule has 7 heteroatoms. The van der Waals surface area contributed by atoms with Crippen LogP contribution in [0.25, 0.3) is 11.3 Å². The summed E-state index contributed by atoms with van der Waals surface area (Å²) in [5.74, 6) is 1.18. The molecule has 0 saturated carbocycles. The first kappa shape index (κ1) is 19.2. The van der Waals surface area contributed by atoms with Crippen molar-refractivity contribution in [3.63, 3.8) is 0 Å². The van der Waals surface area contributed by atoms with Gasteiger partial charge in [-0.2, -0.15) is 0 Å². The van der Waals surface area contributed by atoms with E-state index in [1.807, 2.05) is 54.6 Å². The summed E-state index contributed by atoms with van der Waals surface area (Å²) in [4.78, 5) is 20.8. The van der Waals surface area contributed by atoms with Gasteiger partial charge in [0, 0.05) is 12.6 Å². The number of benzene rings is 2. The topological polar surface area (TPSA) is 99.4 Å². The number of nitrogen functional groups attached to an aromatic ring is 1. The number of aryl methyl sites for hydroxylation is 1. The van der Waals surface area contributed by atoms with Crippen LogP contribution < -0.4 is 20.5 Å². The highest BCUT2D eigenvalue weighted by molar-refractivity contribution is 6.01. The smallest absolute Gasteiger partial charge is 0.255 e. The highest BCUT2D eigenvalue weighted by Gasteiger charge is 2.21. The Morgan fingerprint density at radius 1 is 1.00 bits per heavy atom. The van der Waals surface area contributed by atoms with Gasteiger partial charge in [0.2, 0.25) is 5.95 Å². The molecule has 2 aromatic carbocycles. The van der Waals surface area contributed by atoms with Crippen molar-refractivity contribution in [1.29, 1.82) is 0 Å². The number of hydrogen-bond acceptors (Lipinski definition) is 6. The molecule has 0 aliphatic heterocycles. The molecule has 0 fully saturated rings. The van der Waals surface area contributed by atoms with Crippen LogP contribution in [-0.2, 0) is 0 Å². The second-order valence-electron chi connectivity index (χ2n) is 5.98. The van der Waals surface area contributed by atoms with Crippen molar-refractivity contribution in [2.24, 2.45) is 0 Å². The standard InChI is InChI=1S/C21H22N4O3/c1-14-18(20(26)23-2)19(25-21(22)24-14)16-10-6-7-11-17(16)28-13-12-27-15-8-4-3-5-9-15/h3-11H,12-13H2,1-2H3,(H,23,26)(H2,22,24,25). The summed E-state index contributed by atoms with van der Waals surface area (Å²) in [6.07, 6.45) is 0. The molecule has 0 saturated heterocycles. The molecule has 28 heavy (non-hydrogen) atoms. The highest BCUT2D eigenvalue weighted by Crippen LogP contribution is 2.32. The third kappa shape index (κ3) is 4.37. The number of ether oxygens (including phenoxy) is 2. The molecular weight excluding hydrogens is 356 g/mol. The molecule has 1 heterocycles. The van der Waals surface area contributed by atoms with Crippen LogP contribution in [0.3, 0.4) is 0 Å². The first-order valence-corrected chi connectivity index (χ1v) is 8.86.